The SMILES string of the molecule is Cc1noc(CC2C(=O)NCCN2S(=O)(=O)c2ccc(C)c(F)c2)n1. The minimum Gasteiger partial charge on any atom is -0.353 e. The Morgan fingerprint density at radius 1 is 1.40 bits per heavy atom. The third kappa shape index (κ3) is 3.40. The first kappa shape index (κ1) is 17.5. The number of piperazine rings is 1. The van der Waals surface area contributed by atoms with Crippen LogP contribution in [-0.4, -0.2) is 47.9 Å². The van der Waals surface area contributed by atoms with Crippen LogP contribution in [0.2, 0.25) is 0 Å². The molecular formula is C15H17FN4O4S. The number of nitrogens with one attached hydrogen (secondary N) is 1. The lowest BCUT2D eigenvalue weighted by Gasteiger charge is -2.33. The molecule has 0 bridgehead atoms. The largest absolute Gasteiger partial charge is 0.353 e. The van der Waals surface area contributed by atoms with Crippen molar-refractivity contribution in [3.8, 4) is 0 Å². The summed E-state index contributed by atoms with van der Waals surface area (Å²) in [6.07, 6.45) is -0.0553. The van der Waals surface area contributed by atoms with E-state index in [0.29, 0.717) is 11.4 Å². The zero-order valence-electron chi connectivity index (χ0n) is 13.7. The number of rotatable bonds is 4. The molecule has 25 heavy (non-hydrogen) atoms. The van der Waals surface area contributed by atoms with Gasteiger partial charge in [-0.05, 0) is 31.5 Å². The molecule has 1 amide bonds. The number of hydrogen-bond acceptors (Lipinski definition) is 6. The zero-order valence-corrected chi connectivity index (χ0v) is 14.5. The van der Waals surface area contributed by atoms with E-state index in [9.17, 15) is 17.6 Å². The van der Waals surface area contributed by atoms with E-state index in [-0.39, 0.29) is 30.3 Å². The third-order valence-electron chi connectivity index (χ3n) is 3.97. The molecule has 2 heterocycles. The minimum atomic E-state index is -4.05. The topological polar surface area (TPSA) is 105 Å². The Morgan fingerprint density at radius 2 is 2.16 bits per heavy atom. The highest BCUT2D eigenvalue weighted by Gasteiger charge is 2.39. The molecule has 0 radical (unpaired) electrons. The predicted molar refractivity (Wildman–Crippen MR) is 84.6 cm³/mol. The molecule has 1 aromatic heterocycles. The van der Waals surface area contributed by atoms with E-state index in [1.807, 2.05) is 0 Å². The maximum Gasteiger partial charge on any atom is 0.243 e. The highest BCUT2D eigenvalue weighted by Crippen LogP contribution is 2.23. The molecule has 8 nitrogen and oxygen atoms in total. The van der Waals surface area contributed by atoms with Gasteiger partial charge in [0, 0.05) is 13.1 Å². The average Bonchev–Trinajstić information content (AvgIpc) is 2.97. The van der Waals surface area contributed by atoms with Gasteiger partial charge in [-0.3, -0.25) is 4.79 Å². The lowest BCUT2D eigenvalue weighted by Crippen LogP contribution is -2.57. The van der Waals surface area contributed by atoms with E-state index >= 15 is 0 Å². The zero-order chi connectivity index (χ0) is 18.2. The minimum absolute atomic E-state index is 0.0553. The standard InChI is InChI=1S/C15H17FN4O4S/c1-9-3-4-11(7-12(9)16)25(22,23)20-6-5-17-15(21)13(20)8-14-18-10(2)19-24-14/h3-4,7,13H,5-6,8H2,1-2H3,(H,17,21). The molecule has 1 fully saturated rings. The molecular weight excluding hydrogens is 351 g/mol. The number of amides is 1. The molecule has 1 aliphatic heterocycles. The molecule has 0 aliphatic carbocycles. The maximum atomic E-state index is 13.8. The van der Waals surface area contributed by atoms with Crippen molar-refractivity contribution < 1.29 is 22.1 Å². The van der Waals surface area contributed by atoms with E-state index in [0.717, 1.165) is 10.4 Å². The van der Waals surface area contributed by atoms with Crippen molar-refractivity contribution in [2.45, 2.75) is 31.2 Å². The number of benzene rings is 1. The fraction of sp³-hybridized carbons (Fsp3) is 0.400. The second-order valence-electron chi connectivity index (χ2n) is 5.77. The molecule has 10 heteroatoms. The maximum absolute atomic E-state index is 13.8. The summed E-state index contributed by atoms with van der Waals surface area (Å²) in [7, 11) is -4.05. The van der Waals surface area contributed by atoms with Crippen molar-refractivity contribution in [3.63, 3.8) is 0 Å². The quantitative estimate of drug-likeness (QED) is 0.845. The lowest BCUT2D eigenvalue weighted by molar-refractivity contribution is -0.126. The Bertz CT molecular complexity index is 912. The van der Waals surface area contributed by atoms with E-state index in [1.54, 1.807) is 13.8 Å². The number of aromatic nitrogens is 2. The third-order valence-corrected chi connectivity index (χ3v) is 5.87. The smallest absolute Gasteiger partial charge is 0.243 e. The number of halogens is 1. The van der Waals surface area contributed by atoms with Gasteiger partial charge in [-0.1, -0.05) is 11.2 Å². The van der Waals surface area contributed by atoms with Crippen molar-refractivity contribution in [1.82, 2.24) is 19.8 Å². The lowest BCUT2D eigenvalue weighted by atomic mass is 10.1. The van der Waals surface area contributed by atoms with Crippen LogP contribution in [-0.2, 0) is 21.2 Å². The molecule has 1 saturated heterocycles. The van der Waals surface area contributed by atoms with Crippen LogP contribution in [0.3, 0.4) is 0 Å². The molecule has 1 aromatic carbocycles. The summed E-state index contributed by atoms with van der Waals surface area (Å²) in [5.74, 6) is -0.527. The normalized spacial score (nSPS) is 19.0. The van der Waals surface area contributed by atoms with Gasteiger partial charge in [0.05, 0.1) is 11.3 Å². The summed E-state index contributed by atoms with van der Waals surface area (Å²) in [4.78, 5) is 16.1. The van der Waals surface area contributed by atoms with Gasteiger partial charge in [-0.15, -0.1) is 0 Å². The molecule has 1 unspecified atom stereocenters. The van der Waals surface area contributed by atoms with Crippen LogP contribution < -0.4 is 5.32 Å². The Labute approximate surface area is 144 Å². The first-order valence-electron chi connectivity index (χ1n) is 7.64. The van der Waals surface area contributed by atoms with E-state index < -0.39 is 27.8 Å². The van der Waals surface area contributed by atoms with Crippen LogP contribution in [0.1, 0.15) is 17.3 Å². The summed E-state index contributed by atoms with van der Waals surface area (Å²) in [6.45, 7) is 3.41. The van der Waals surface area contributed by atoms with Gasteiger partial charge in [0.1, 0.15) is 11.9 Å². The Hall–Kier alpha value is -2.33. The van der Waals surface area contributed by atoms with Crippen LogP contribution in [0.15, 0.2) is 27.6 Å². The summed E-state index contributed by atoms with van der Waals surface area (Å²) in [5, 5.41) is 6.26. The fourth-order valence-electron chi connectivity index (χ4n) is 2.63. The number of aryl methyl sites for hydroxylation is 2. The van der Waals surface area contributed by atoms with Crippen LogP contribution in [0.5, 0.6) is 0 Å². The molecule has 2 aromatic rings. The number of sulfonamides is 1. The van der Waals surface area contributed by atoms with Crippen LogP contribution >= 0.6 is 0 Å². The Balaban J connectivity index is 1.95. The molecule has 134 valence electrons. The number of carbonyl (C=O) groups is 1. The van der Waals surface area contributed by atoms with Crippen LogP contribution in [0.25, 0.3) is 0 Å². The number of carbonyl (C=O) groups excluding carboxylic acids is 1. The molecule has 0 saturated carbocycles. The predicted octanol–water partition coefficient (Wildman–Crippen LogP) is 0.557. The monoisotopic (exact) mass is 368 g/mol. The second kappa shape index (κ2) is 6.52. The van der Waals surface area contributed by atoms with Crippen LogP contribution in [0.4, 0.5) is 4.39 Å². The highest BCUT2D eigenvalue weighted by molar-refractivity contribution is 7.89. The van der Waals surface area contributed by atoms with Crippen molar-refractivity contribution in [2.75, 3.05) is 13.1 Å². The molecule has 0 spiro atoms. The van der Waals surface area contributed by atoms with Gasteiger partial charge >= 0.3 is 0 Å². The number of hydrogen-bond donors (Lipinski definition) is 1. The first-order chi connectivity index (χ1) is 11.8. The first-order valence-corrected chi connectivity index (χ1v) is 9.08. The van der Waals surface area contributed by atoms with Gasteiger partial charge in [0.15, 0.2) is 5.82 Å². The van der Waals surface area contributed by atoms with Crippen molar-refractivity contribution >= 4 is 15.9 Å². The van der Waals surface area contributed by atoms with E-state index in [4.69, 9.17) is 4.52 Å². The fourth-order valence-corrected chi connectivity index (χ4v) is 4.23. The molecule has 1 N–H and O–H groups in total. The number of nitrogens with zero attached hydrogens (tertiary/aromatic N) is 3. The van der Waals surface area contributed by atoms with Crippen molar-refractivity contribution in [3.05, 3.63) is 41.3 Å². The Morgan fingerprint density at radius 3 is 2.80 bits per heavy atom. The summed E-state index contributed by atoms with van der Waals surface area (Å²) < 4.78 is 45.7. The summed E-state index contributed by atoms with van der Waals surface area (Å²) in [6, 6.07) is 2.64. The summed E-state index contributed by atoms with van der Waals surface area (Å²) in [5.41, 5.74) is 0.341. The van der Waals surface area contributed by atoms with Gasteiger partial charge in [0.2, 0.25) is 21.8 Å². The molecule has 1 atom stereocenters. The van der Waals surface area contributed by atoms with Gasteiger partial charge in [-0.2, -0.15) is 9.29 Å². The van der Waals surface area contributed by atoms with Gasteiger partial charge < -0.3 is 9.84 Å². The van der Waals surface area contributed by atoms with E-state index in [1.165, 1.54) is 12.1 Å². The average molecular weight is 368 g/mol. The van der Waals surface area contributed by atoms with Gasteiger partial charge in [-0.25, -0.2) is 12.8 Å². The highest BCUT2D eigenvalue weighted by atomic mass is 32.2. The molecule has 1 aliphatic rings. The van der Waals surface area contributed by atoms with Gasteiger partial charge in [0.25, 0.3) is 0 Å². The van der Waals surface area contributed by atoms with Crippen LogP contribution in [0, 0.1) is 19.7 Å². The second-order valence-corrected chi connectivity index (χ2v) is 7.66. The molecule has 3 rings (SSSR count). The van der Waals surface area contributed by atoms with E-state index in [2.05, 4.69) is 15.5 Å². The van der Waals surface area contributed by atoms with Crippen molar-refractivity contribution in [2.24, 2.45) is 0 Å². The summed E-state index contributed by atoms with van der Waals surface area (Å²) >= 11 is 0. The Kier molecular flexibility index (Phi) is 4.56. The van der Waals surface area contributed by atoms with Crippen molar-refractivity contribution in [1.29, 1.82) is 0 Å².